The number of fused-ring (bicyclic) bond motifs is 1. The third kappa shape index (κ3) is 3.10. The molecule has 2 N–H and O–H groups in total. The van der Waals surface area contributed by atoms with E-state index in [0.29, 0.717) is 11.3 Å². The van der Waals surface area contributed by atoms with E-state index in [4.69, 9.17) is 12.2 Å². The van der Waals surface area contributed by atoms with Crippen molar-refractivity contribution in [2.24, 2.45) is 0 Å². The lowest BCUT2D eigenvalue weighted by Gasteiger charge is -2.27. The first kappa shape index (κ1) is 15.4. The summed E-state index contributed by atoms with van der Waals surface area (Å²) in [6.07, 6.45) is 2.75. The number of H-pyrrole nitrogens is 2. The Labute approximate surface area is 148 Å². The van der Waals surface area contributed by atoms with Crippen LogP contribution in [0.1, 0.15) is 16.1 Å². The van der Waals surface area contributed by atoms with Gasteiger partial charge in [0.05, 0.1) is 5.56 Å². The number of nitrogens with zero attached hydrogens (tertiary/aromatic N) is 2. The van der Waals surface area contributed by atoms with Gasteiger partial charge in [-0.25, -0.2) is 4.98 Å². The van der Waals surface area contributed by atoms with Crippen LogP contribution in [0.25, 0.3) is 10.6 Å². The number of hydrogen-bond donors (Lipinski definition) is 2. The van der Waals surface area contributed by atoms with Crippen LogP contribution in [0, 0.1) is 4.77 Å². The lowest BCUT2D eigenvalue weighted by atomic mass is 10.1. The average Bonchev–Trinajstić information content (AvgIpc) is 3.05. The highest BCUT2D eigenvalue weighted by atomic mass is 32.1. The van der Waals surface area contributed by atoms with E-state index in [1.807, 2.05) is 24.4 Å². The first-order valence-electron chi connectivity index (χ1n) is 7.76. The van der Waals surface area contributed by atoms with Gasteiger partial charge in [0, 0.05) is 48.4 Å². The molecule has 0 saturated heterocycles. The highest BCUT2D eigenvalue weighted by molar-refractivity contribution is 7.71. The molecule has 0 fully saturated rings. The summed E-state index contributed by atoms with van der Waals surface area (Å²) < 4.78 is 0.405. The Hall–Kier alpha value is -2.09. The van der Waals surface area contributed by atoms with Gasteiger partial charge < -0.3 is 4.98 Å². The lowest BCUT2D eigenvalue weighted by molar-refractivity contribution is 0.243. The first-order valence-corrected chi connectivity index (χ1v) is 8.98. The molecule has 5 nitrogen and oxygen atoms in total. The summed E-state index contributed by atoms with van der Waals surface area (Å²) in [7, 11) is 0. The quantitative estimate of drug-likeness (QED) is 0.708. The highest BCUT2D eigenvalue weighted by Gasteiger charge is 2.20. The SMILES string of the molecule is O=c1[nH]c(=S)[nH]c2c1CN(Cc1cnc(-c3ccccc3)s1)CC2. The second kappa shape index (κ2) is 6.43. The molecule has 1 aliphatic heterocycles. The highest BCUT2D eigenvalue weighted by Crippen LogP contribution is 2.26. The van der Waals surface area contributed by atoms with Gasteiger partial charge in [-0.1, -0.05) is 30.3 Å². The Balaban J connectivity index is 1.52. The maximum absolute atomic E-state index is 12.1. The topological polar surface area (TPSA) is 64.8 Å². The molecule has 1 aliphatic rings. The number of benzene rings is 1. The molecule has 7 heteroatoms. The fourth-order valence-electron chi connectivity index (χ4n) is 2.96. The molecule has 0 aliphatic carbocycles. The minimum atomic E-state index is -0.0762. The van der Waals surface area contributed by atoms with Gasteiger partial charge in [0.25, 0.3) is 5.56 Å². The van der Waals surface area contributed by atoms with E-state index in [2.05, 4.69) is 32.0 Å². The molecule has 4 rings (SSSR count). The van der Waals surface area contributed by atoms with Gasteiger partial charge in [0.2, 0.25) is 0 Å². The largest absolute Gasteiger partial charge is 0.335 e. The van der Waals surface area contributed by atoms with Crippen molar-refractivity contribution in [3.63, 3.8) is 0 Å². The zero-order valence-electron chi connectivity index (χ0n) is 12.9. The zero-order valence-corrected chi connectivity index (χ0v) is 14.5. The Kier molecular flexibility index (Phi) is 4.13. The number of aromatic nitrogens is 3. The van der Waals surface area contributed by atoms with Crippen molar-refractivity contribution >= 4 is 23.6 Å². The molecule has 3 heterocycles. The Morgan fingerprint density at radius 1 is 1.25 bits per heavy atom. The molecule has 0 amide bonds. The summed E-state index contributed by atoms with van der Waals surface area (Å²) in [6.45, 7) is 2.34. The molecule has 3 aromatic rings. The molecule has 0 radical (unpaired) electrons. The van der Waals surface area contributed by atoms with Crippen molar-refractivity contribution < 1.29 is 0 Å². The summed E-state index contributed by atoms with van der Waals surface area (Å²) in [5.41, 5.74) is 2.83. The van der Waals surface area contributed by atoms with Crippen LogP contribution in [-0.4, -0.2) is 26.4 Å². The number of aromatic amines is 2. The van der Waals surface area contributed by atoms with Crippen molar-refractivity contribution in [2.45, 2.75) is 19.5 Å². The summed E-state index contributed by atoms with van der Waals surface area (Å²) >= 11 is 6.74. The molecule has 122 valence electrons. The maximum Gasteiger partial charge on any atom is 0.256 e. The molecular weight excluding hydrogens is 340 g/mol. The van der Waals surface area contributed by atoms with Crippen molar-refractivity contribution in [1.29, 1.82) is 0 Å². The van der Waals surface area contributed by atoms with Gasteiger partial charge in [-0.3, -0.25) is 14.7 Å². The van der Waals surface area contributed by atoms with E-state index in [0.717, 1.165) is 41.3 Å². The van der Waals surface area contributed by atoms with Gasteiger partial charge in [-0.15, -0.1) is 11.3 Å². The fourth-order valence-corrected chi connectivity index (χ4v) is 4.14. The van der Waals surface area contributed by atoms with Gasteiger partial charge >= 0.3 is 0 Å². The van der Waals surface area contributed by atoms with Crippen molar-refractivity contribution in [2.75, 3.05) is 6.54 Å². The third-order valence-corrected chi connectivity index (χ3v) is 5.38. The minimum absolute atomic E-state index is 0.0762. The standard InChI is InChI=1S/C17H16N4OS2/c22-15-13-10-21(7-6-14(13)19-17(23)20-15)9-12-8-18-16(24-12)11-4-2-1-3-5-11/h1-5,8H,6-7,9-10H2,(H2,19,20,22,23). The van der Waals surface area contributed by atoms with Crippen LogP contribution < -0.4 is 5.56 Å². The van der Waals surface area contributed by atoms with Crippen LogP contribution in [0.3, 0.4) is 0 Å². The van der Waals surface area contributed by atoms with E-state index < -0.39 is 0 Å². The molecule has 24 heavy (non-hydrogen) atoms. The average molecular weight is 356 g/mol. The van der Waals surface area contributed by atoms with Crippen molar-refractivity contribution in [1.82, 2.24) is 19.9 Å². The molecule has 0 atom stereocenters. The van der Waals surface area contributed by atoms with E-state index in [9.17, 15) is 4.79 Å². The van der Waals surface area contributed by atoms with E-state index in [1.165, 1.54) is 4.88 Å². The molecule has 1 aromatic carbocycles. The molecule has 0 bridgehead atoms. The predicted molar refractivity (Wildman–Crippen MR) is 97.6 cm³/mol. The smallest absolute Gasteiger partial charge is 0.256 e. The maximum atomic E-state index is 12.1. The second-order valence-electron chi connectivity index (χ2n) is 5.82. The Morgan fingerprint density at radius 3 is 2.92 bits per heavy atom. The summed E-state index contributed by atoms with van der Waals surface area (Å²) in [4.78, 5) is 25.9. The molecule has 0 saturated carbocycles. The van der Waals surface area contributed by atoms with Crippen LogP contribution in [-0.2, 0) is 19.5 Å². The van der Waals surface area contributed by atoms with Crippen LogP contribution in [0.4, 0.5) is 0 Å². The second-order valence-corrected chi connectivity index (χ2v) is 7.35. The summed E-state index contributed by atoms with van der Waals surface area (Å²) in [5.74, 6) is 0. The Bertz CT molecular complexity index is 974. The number of hydrogen-bond acceptors (Lipinski definition) is 5. The predicted octanol–water partition coefficient (Wildman–Crippen LogP) is 3.11. The molecule has 0 spiro atoms. The van der Waals surface area contributed by atoms with Crippen LogP contribution in [0.2, 0.25) is 0 Å². The normalized spacial score (nSPS) is 14.5. The lowest BCUT2D eigenvalue weighted by Crippen LogP contribution is -2.35. The van der Waals surface area contributed by atoms with E-state index in [-0.39, 0.29) is 5.56 Å². The molecule has 2 aromatic heterocycles. The van der Waals surface area contributed by atoms with Gasteiger partial charge in [-0.05, 0) is 12.2 Å². The number of thiazole rings is 1. The molecular formula is C17H16N4OS2. The third-order valence-electron chi connectivity index (χ3n) is 4.14. The van der Waals surface area contributed by atoms with Crippen LogP contribution in [0.5, 0.6) is 0 Å². The van der Waals surface area contributed by atoms with E-state index in [1.54, 1.807) is 11.3 Å². The zero-order chi connectivity index (χ0) is 16.5. The minimum Gasteiger partial charge on any atom is -0.335 e. The van der Waals surface area contributed by atoms with Gasteiger partial charge in [0.1, 0.15) is 5.01 Å². The van der Waals surface area contributed by atoms with E-state index >= 15 is 0 Å². The monoisotopic (exact) mass is 356 g/mol. The number of nitrogens with one attached hydrogen (secondary N) is 2. The van der Waals surface area contributed by atoms with Crippen LogP contribution >= 0.6 is 23.6 Å². The van der Waals surface area contributed by atoms with Crippen molar-refractivity contribution in [3.05, 3.63) is 67.8 Å². The Morgan fingerprint density at radius 2 is 2.08 bits per heavy atom. The fraction of sp³-hybridized carbons (Fsp3) is 0.235. The summed E-state index contributed by atoms with van der Waals surface area (Å²) in [6, 6.07) is 10.2. The summed E-state index contributed by atoms with van der Waals surface area (Å²) in [5, 5.41) is 1.03. The van der Waals surface area contributed by atoms with Crippen molar-refractivity contribution in [3.8, 4) is 10.6 Å². The first-order chi connectivity index (χ1) is 11.7. The van der Waals surface area contributed by atoms with Gasteiger partial charge in [-0.2, -0.15) is 0 Å². The van der Waals surface area contributed by atoms with Gasteiger partial charge in [0.15, 0.2) is 4.77 Å². The van der Waals surface area contributed by atoms with Crippen LogP contribution in [0.15, 0.2) is 41.3 Å². The molecule has 0 unspecified atom stereocenters. The number of rotatable bonds is 3.